The highest BCUT2D eigenvalue weighted by molar-refractivity contribution is 7.89. The minimum atomic E-state index is -3.80. The van der Waals surface area contributed by atoms with Gasteiger partial charge in [-0.2, -0.15) is 5.10 Å². The molecule has 0 fully saturated rings. The number of sulfonamides is 1. The van der Waals surface area contributed by atoms with Gasteiger partial charge >= 0.3 is 0 Å². The van der Waals surface area contributed by atoms with E-state index < -0.39 is 10.0 Å². The number of hydrogen-bond acceptors (Lipinski definition) is 6. The summed E-state index contributed by atoms with van der Waals surface area (Å²) in [5, 5.41) is 13.3. The van der Waals surface area contributed by atoms with Crippen LogP contribution in [0.4, 0.5) is 5.69 Å². The van der Waals surface area contributed by atoms with Crippen LogP contribution in [0.5, 0.6) is 0 Å². The summed E-state index contributed by atoms with van der Waals surface area (Å²) in [6.45, 7) is 7.34. The van der Waals surface area contributed by atoms with Crippen molar-refractivity contribution in [2.45, 2.75) is 32.6 Å². The monoisotopic (exact) mass is 450 g/mol. The highest BCUT2D eigenvalue weighted by Gasteiger charge is 2.21. The van der Waals surface area contributed by atoms with Crippen LogP contribution in [0.15, 0.2) is 47.5 Å². The summed E-state index contributed by atoms with van der Waals surface area (Å²) in [6.07, 6.45) is 1.70. The van der Waals surface area contributed by atoms with E-state index in [4.69, 9.17) is 5.14 Å². The molecule has 3 aromatic heterocycles. The Labute approximate surface area is 185 Å². The van der Waals surface area contributed by atoms with Gasteiger partial charge in [-0.3, -0.25) is 9.78 Å². The molecule has 3 heterocycles. The van der Waals surface area contributed by atoms with Gasteiger partial charge in [0.1, 0.15) is 0 Å². The molecule has 0 aliphatic rings. The topological polar surface area (TPSA) is 133 Å². The van der Waals surface area contributed by atoms with E-state index in [1.54, 1.807) is 42.9 Å². The SMILES string of the molecule is Cc1cc(C(=O)Nc2c(C)ccnc2C)c2c(C)nn(-c3ccc(S(N)(=O)=O)cc3)c2n1. The maximum absolute atomic E-state index is 13.3. The molecule has 0 spiro atoms. The molecular weight excluding hydrogens is 428 g/mol. The number of amides is 1. The van der Waals surface area contributed by atoms with Gasteiger partial charge in [-0.15, -0.1) is 0 Å². The Morgan fingerprint density at radius 3 is 2.34 bits per heavy atom. The van der Waals surface area contributed by atoms with E-state index in [0.717, 1.165) is 11.3 Å². The summed E-state index contributed by atoms with van der Waals surface area (Å²) in [5.41, 5.74) is 5.11. The molecule has 0 saturated heterocycles. The van der Waals surface area contributed by atoms with Crippen LogP contribution in [0.2, 0.25) is 0 Å². The lowest BCUT2D eigenvalue weighted by atomic mass is 10.1. The maximum Gasteiger partial charge on any atom is 0.256 e. The molecule has 0 atom stereocenters. The smallest absolute Gasteiger partial charge is 0.256 e. The molecule has 0 radical (unpaired) electrons. The molecule has 4 rings (SSSR count). The lowest BCUT2D eigenvalue weighted by molar-refractivity contribution is 0.102. The Bertz CT molecular complexity index is 1450. The number of nitrogens with one attached hydrogen (secondary N) is 1. The minimum Gasteiger partial charge on any atom is -0.320 e. The summed E-state index contributed by atoms with van der Waals surface area (Å²) in [4.78, 5) is 22.1. The van der Waals surface area contributed by atoms with Crippen molar-refractivity contribution in [3.05, 3.63) is 70.8 Å². The van der Waals surface area contributed by atoms with E-state index in [1.165, 1.54) is 12.1 Å². The molecule has 0 aliphatic heterocycles. The number of nitrogens with zero attached hydrogens (tertiary/aromatic N) is 4. The second kappa shape index (κ2) is 7.81. The third-order valence-electron chi connectivity index (χ3n) is 5.18. The number of aryl methyl sites for hydroxylation is 4. The predicted molar refractivity (Wildman–Crippen MR) is 121 cm³/mol. The molecule has 4 aromatic rings. The number of rotatable bonds is 4. The van der Waals surface area contributed by atoms with Crippen LogP contribution >= 0.6 is 0 Å². The maximum atomic E-state index is 13.3. The molecule has 9 nitrogen and oxygen atoms in total. The van der Waals surface area contributed by atoms with Gasteiger partial charge < -0.3 is 5.32 Å². The van der Waals surface area contributed by atoms with Crippen molar-refractivity contribution in [1.29, 1.82) is 0 Å². The van der Waals surface area contributed by atoms with Crippen molar-refractivity contribution in [3.63, 3.8) is 0 Å². The van der Waals surface area contributed by atoms with Gasteiger partial charge in [0, 0.05) is 11.9 Å². The predicted octanol–water partition coefficient (Wildman–Crippen LogP) is 2.95. The van der Waals surface area contributed by atoms with Crippen LogP contribution in [0.1, 0.15) is 33.0 Å². The lowest BCUT2D eigenvalue weighted by Gasteiger charge is -2.12. The van der Waals surface area contributed by atoms with E-state index in [-0.39, 0.29) is 10.8 Å². The van der Waals surface area contributed by atoms with Crippen LogP contribution in [-0.2, 0) is 10.0 Å². The van der Waals surface area contributed by atoms with Gasteiger partial charge in [-0.1, -0.05) is 0 Å². The van der Waals surface area contributed by atoms with Crippen molar-refractivity contribution >= 4 is 32.7 Å². The second-order valence-electron chi connectivity index (χ2n) is 7.59. The Kier molecular flexibility index (Phi) is 5.27. The molecule has 10 heteroatoms. The van der Waals surface area contributed by atoms with Gasteiger partial charge in [0.25, 0.3) is 5.91 Å². The Hall–Kier alpha value is -3.63. The zero-order valence-electron chi connectivity index (χ0n) is 18.0. The lowest BCUT2D eigenvalue weighted by Crippen LogP contribution is -2.15. The molecule has 0 aliphatic carbocycles. The first-order valence-corrected chi connectivity index (χ1v) is 11.3. The van der Waals surface area contributed by atoms with Crippen LogP contribution in [0, 0.1) is 27.7 Å². The van der Waals surface area contributed by atoms with Crippen molar-refractivity contribution < 1.29 is 13.2 Å². The first-order valence-electron chi connectivity index (χ1n) is 9.80. The standard InChI is InChI=1S/C22H22N6O3S/c1-12-9-10-24-15(4)20(12)26-22(29)18-11-13(2)25-21-19(18)14(3)27-28(21)16-5-7-17(8-6-16)32(23,30)31/h5-11H,1-4H3,(H,26,29)(H2,23,30,31). The van der Waals surface area contributed by atoms with Gasteiger partial charge in [0.2, 0.25) is 10.0 Å². The van der Waals surface area contributed by atoms with Crippen molar-refractivity contribution in [2.75, 3.05) is 5.32 Å². The molecule has 0 saturated carbocycles. The second-order valence-corrected chi connectivity index (χ2v) is 9.15. The molecule has 164 valence electrons. The molecule has 32 heavy (non-hydrogen) atoms. The number of primary sulfonamides is 1. The van der Waals surface area contributed by atoms with Gasteiger partial charge in [0.05, 0.1) is 38.6 Å². The average Bonchev–Trinajstić information content (AvgIpc) is 3.05. The number of fused-ring (bicyclic) bond motifs is 1. The molecule has 3 N–H and O–H groups in total. The third-order valence-corrected chi connectivity index (χ3v) is 6.11. The molecule has 1 aromatic carbocycles. The van der Waals surface area contributed by atoms with Gasteiger partial charge in [0.15, 0.2) is 5.65 Å². The number of hydrogen-bond donors (Lipinski definition) is 2. The normalized spacial score (nSPS) is 11.7. The van der Waals surface area contributed by atoms with Crippen molar-refractivity contribution in [3.8, 4) is 5.69 Å². The van der Waals surface area contributed by atoms with E-state index in [0.29, 0.717) is 39.4 Å². The van der Waals surface area contributed by atoms with E-state index >= 15 is 0 Å². The number of aromatic nitrogens is 4. The van der Waals surface area contributed by atoms with Crippen LogP contribution in [0.25, 0.3) is 16.7 Å². The highest BCUT2D eigenvalue weighted by atomic mass is 32.2. The average molecular weight is 451 g/mol. The molecule has 0 bridgehead atoms. The highest BCUT2D eigenvalue weighted by Crippen LogP contribution is 2.27. The zero-order chi connectivity index (χ0) is 23.2. The van der Waals surface area contributed by atoms with Crippen molar-refractivity contribution in [2.24, 2.45) is 5.14 Å². The van der Waals surface area contributed by atoms with E-state index in [9.17, 15) is 13.2 Å². The summed E-state index contributed by atoms with van der Waals surface area (Å²) in [5.74, 6) is -0.285. The molecule has 0 unspecified atom stereocenters. The number of anilines is 1. The minimum absolute atomic E-state index is 0.000787. The largest absolute Gasteiger partial charge is 0.320 e. The summed E-state index contributed by atoms with van der Waals surface area (Å²) in [6, 6.07) is 9.57. The van der Waals surface area contributed by atoms with E-state index in [1.807, 2.05) is 19.9 Å². The number of carbonyl (C=O) groups excluding carboxylic acids is 1. The molecule has 1 amide bonds. The van der Waals surface area contributed by atoms with Gasteiger partial charge in [-0.05, 0) is 69.7 Å². The first kappa shape index (κ1) is 21.6. The van der Waals surface area contributed by atoms with E-state index in [2.05, 4.69) is 20.4 Å². The fourth-order valence-corrected chi connectivity index (χ4v) is 4.13. The van der Waals surface area contributed by atoms with Gasteiger partial charge in [-0.25, -0.2) is 23.2 Å². The Morgan fingerprint density at radius 1 is 1.03 bits per heavy atom. The summed E-state index contributed by atoms with van der Waals surface area (Å²) in [7, 11) is -3.80. The number of benzene rings is 1. The van der Waals surface area contributed by atoms with Crippen LogP contribution in [0.3, 0.4) is 0 Å². The van der Waals surface area contributed by atoms with Crippen LogP contribution in [-0.4, -0.2) is 34.1 Å². The summed E-state index contributed by atoms with van der Waals surface area (Å²) >= 11 is 0. The number of pyridine rings is 2. The first-order chi connectivity index (χ1) is 15.1. The zero-order valence-corrected chi connectivity index (χ0v) is 18.9. The molecular formula is C22H22N6O3S. The Morgan fingerprint density at radius 2 is 1.72 bits per heavy atom. The third kappa shape index (κ3) is 3.85. The van der Waals surface area contributed by atoms with Crippen molar-refractivity contribution in [1.82, 2.24) is 19.7 Å². The summed E-state index contributed by atoms with van der Waals surface area (Å²) < 4.78 is 24.7. The van der Waals surface area contributed by atoms with Crippen LogP contribution < -0.4 is 10.5 Å². The fraction of sp³-hybridized carbons (Fsp3) is 0.182. The fourth-order valence-electron chi connectivity index (χ4n) is 3.61. The number of nitrogens with two attached hydrogens (primary N) is 1. The Balaban J connectivity index is 1.83. The number of carbonyl (C=O) groups is 1. The quantitative estimate of drug-likeness (QED) is 0.491.